The van der Waals surface area contributed by atoms with E-state index in [0.29, 0.717) is 5.75 Å². The lowest BCUT2D eigenvalue weighted by atomic mass is 10.1. The Morgan fingerprint density at radius 2 is 1.78 bits per heavy atom. The van der Waals surface area contributed by atoms with Gasteiger partial charge in [0.05, 0.1) is 6.10 Å². The van der Waals surface area contributed by atoms with Gasteiger partial charge in [-0.15, -0.1) is 0 Å². The van der Waals surface area contributed by atoms with Crippen LogP contribution in [0.15, 0.2) is 24.3 Å². The molecule has 100 valence electrons. The Hall–Kier alpha value is -1.71. The number of hydrogen-bond acceptors (Lipinski definition) is 3. The maximum atomic E-state index is 11.1. The average Bonchev–Trinajstić information content (AvgIpc) is 2.31. The first-order valence-electron chi connectivity index (χ1n) is 6.10. The van der Waals surface area contributed by atoms with Crippen LogP contribution in [0.1, 0.15) is 34.1 Å². The molecule has 0 saturated heterocycles. The van der Waals surface area contributed by atoms with Gasteiger partial charge in [0.15, 0.2) is 5.60 Å². The number of amides is 1. The lowest BCUT2D eigenvalue weighted by Gasteiger charge is -2.22. The zero-order valence-corrected chi connectivity index (χ0v) is 11.4. The summed E-state index contributed by atoms with van der Waals surface area (Å²) in [6.07, 6.45) is 1.13. The van der Waals surface area contributed by atoms with Gasteiger partial charge in [-0.25, -0.2) is 0 Å². The van der Waals surface area contributed by atoms with Crippen LogP contribution >= 0.6 is 0 Å². The highest BCUT2D eigenvalue weighted by Gasteiger charge is 2.26. The molecule has 0 spiro atoms. The van der Waals surface area contributed by atoms with Crippen LogP contribution in [-0.4, -0.2) is 17.6 Å². The SMILES string of the molecule is CCC(C)Oc1ccc(OC(C)(C)C(N)=O)cc1. The molecule has 0 aliphatic heterocycles. The van der Waals surface area contributed by atoms with E-state index in [4.69, 9.17) is 15.2 Å². The van der Waals surface area contributed by atoms with Crippen LogP contribution in [0.5, 0.6) is 11.5 Å². The third-order valence-electron chi connectivity index (χ3n) is 2.70. The molecule has 1 rings (SSSR count). The largest absolute Gasteiger partial charge is 0.491 e. The van der Waals surface area contributed by atoms with Crippen molar-refractivity contribution in [1.29, 1.82) is 0 Å². The van der Waals surface area contributed by atoms with Crippen molar-refractivity contribution in [2.45, 2.75) is 45.8 Å². The van der Waals surface area contributed by atoms with E-state index < -0.39 is 11.5 Å². The van der Waals surface area contributed by atoms with E-state index in [-0.39, 0.29) is 6.10 Å². The van der Waals surface area contributed by atoms with Crippen molar-refractivity contribution in [3.05, 3.63) is 24.3 Å². The van der Waals surface area contributed by atoms with E-state index in [9.17, 15) is 4.79 Å². The number of benzene rings is 1. The lowest BCUT2D eigenvalue weighted by molar-refractivity contribution is -0.130. The molecule has 0 aliphatic rings. The van der Waals surface area contributed by atoms with Gasteiger partial charge >= 0.3 is 0 Å². The number of nitrogens with two attached hydrogens (primary N) is 1. The zero-order valence-electron chi connectivity index (χ0n) is 11.4. The van der Waals surface area contributed by atoms with E-state index in [1.165, 1.54) is 0 Å². The summed E-state index contributed by atoms with van der Waals surface area (Å²) in [4.78, 5) is 11.1. The lowest BCUT2D eigenvalue weighted by Crippen LogP contribution is -2.43. The van der Waals surface area contributed by atoms with Crippen LogP contribution in [0, 0.1) is 0 Å². The van der Waals surface area contributed by atoms with Gasteiger partial charge in [0.1, 0.15) is 11.5 Å². The third kappa shape index (κ3) is 3.95. The number of rotatable bonds is 6. The van der Waals surface area contributed by atoms with Crippen molar-refractivity contribution in [3.8, 4) is 11.5 Å². The summed E-state index contributed by atoms with van der Waals surface area (Å²) in [5.41, 5.74) is 4.23. The number of primary amides is 1. The Labute approximate surface area is 108 Å². The van der Waals surface area contributed by atoms with Gasteiger partial charge in [0, 0.05) is 0 Å². The molecule has 0 aromatic heterocycles. The van der Waals surface area contributed by atoms with Crippen LogP contribution in [-0.2, 0) is 4.79 Å². The molecule has 2 N–H and O–H groups in total. The Balaban J connectivity index is 2.69. The second-order valence-corrected chi connectivity index (χ2v) is 4.78. The standard InChI is InChI=1S/C14H21NO3/c1-5-10(2)17-11-6-8-12(9-7-11)18-14(3,4)13(15)16/h6-10H,5H2,1-4H3,(H2,15,16). The second kappa shape index (κ2) is 5.76. The minimum absolute atomic E-state index is 0.179. The van der Waals surface area contributed by atoms with Gasteiger partial charge in [-0.05, 0) is 51.5 Å². The van der Waals surface area contributed by atoms with E-state index in [1.807, 2.05) is 19.1 Å². The molecule has 18 heavy (non-hydrogen) atoms. The van der Waals surface area contributed by atoms with Gasteiger partial charge in [0.2, 0.25) is 0 Å². The zero-order chi connectivity index (χ0) is 13.8. The molecule has 1 amide bonds. The number of hydrogen-bond donors (Lipinski definition) is 1. The van der Waals surface area contributed by atoms with Gasteiger partial charge in [0.25, 0.3) is 5.91 Å². The van der Waals surface area contributed by atoms with Crippen LogP contribution in [0.4, 0.5) is 0 Å². The highest BCUT2D eigenvalue weighted by molar-refractivity contribution is 5.82. The topological polar surface area (TPSA) is 61.6 Å². The van der Waals surface area contributed by atoms with E-state index >= 15 is 0 Å². The minimum Gasteiger partial charge on any atom is -0.491 e. The second-order valence-electron chi connectivity index (χ2n) is 4.78. The molecule has 0 fully saturated rings. The highest BCUT2D eigenvalue weighted by Crippen LogP contribution is 2.22. The van der Waals surface area contributed by atoms with E-state index in [0.717, 1.165) is 12.2 Å². The molecule has 1 unspecified atom stereocenters. The van der Waals surface area contributed by atoms with Gasteiger partial charge in [-0.1, -0.05) is 6.92 Å². The van der Waals surface area contributed by atoms with Crippen molar-refractivity contribution in [1.82, 2.24) is 0 Å². The highest BCUT2D eigenvalue weighted by atomic mass is 16.5. The predicted octanol–water partition coefficient (Wildman–Crippen LogP) is 2.51. The first kappa shape index (κ1) is 14.4. The Kier molecular flexibility index (Phi) is 4.59. The fourth-order valence-electron chi connectivity index (χ4n) is 1.25. The van der Waals surface area contributed by atoms with Gasteiger partial charge in [-0.3, -0.25) is 4.79 Å². The molecule has 4 heteroatoms. The maximum absolute atomic E-state index is 11.1. The fourth-order valence-corrected chi connectivity index (χ4v) is 1.25. The Morgan fingerprint density at radius 3 is 2.22 bits per heavy atom. The van der Waals surface area contributed by atoms with Gasteiger partial charge < -0.3 is 15.2 Å². The number of ether oxygens (including phenoxy) is 2. The first-order chi connectivity index (χ1) is 8.35. The Morgan fingerprint density at radius 1 is 1.28 bits per heavy atom. The molecule has 1 aromatic rings. The molecule has 0 heterocycles. The van der Waals surface area contributed by atoms with Crippen LogP contribution in [0.3, 0.4) is 0 Å². The summed E-state index contributed by atoms with van der Waals surface area (Å²) in [6, 6.07) is 7.17. The smallest absolute Gasteiger partial charge is 0.261 e. The predicted molar refractivity (Wildman–Crippen MR) is 70.7 cm³/mol. The monoisotopic (exact) mass is 251 g/mol. The third-order valence-corrected chi connectivity index (χ3v) is 2.70. The van der Waals surface area contributed by atoms with E-state index in [2.05, 4.69) is 6.92 Å². The molecule has 4 nitrogen and oxygen atoms in total. The minimum atomic E-state index is -1.01. The Bertz CT molecular complexity index is 398. The van der Waals surface area contributed by atoms with Crippen molar-refractivity contribution in [3.63, 3.8) is 0 Å². The molecule has 1 atom stereocenters. The van der Waals surface area contributed by atoms with Crippen LogP contribution < -0.4 is 15.2 Å². The summed E-state index contributed by atoms with van der Waals surface area (Å²) >= 11 is 0. The van der Waals surface area contributed by atoms with E-state index in [1.54, 1.807) is 26.0 Å². The summed E-state index contributed by atoms with van der Waals surface area (Å²) in [6.45, 7) is 7.36. The molecule has 0 bridgehead atoms. The number of carbonyl (C=O) groups is 1. The van der Waals surface area contributed by atoms with Crippen LogP contribution in [0.25, 0.3) is 0 Å². The maximum Gasteiger partial charge on any atom is 0.261 e. The summed E-state index contributed by atoms with van der Waals surface area (Å²) in [7, 11) is 0. The molecule has 0 aliphatic carbocycles. The molecule has 1 aromatic carbocycles. The summed E-state index contributed by atoms with van der Waals surface area (Å²) < 4.78 is 11.2. The molecular weight excluding hydrogens is 230 g/mol. The van der Waals surface area contributed by atoms with Crippen molar-refractivity contribution in [2.75, 3.05) is 0 Å². The molecular formula is C14H21NO3. The van der Waals surface area contributed by atoms with Crippen molar-refractivity contribution >= 4 is 5.91 Å². The quantitative estimate of drug-likeness (QED) is 0.845. The van der Waals surface area contributed by atoms with Crippen molar-refractivity contribution in [2.24, 2.45) is 5.73 Å². The fraction of sp³-hybridized carbons (Fsp3) is 0.500. The molecule has 0 saturated carbocycles. The van der Waals surface area contributed by atoms with Crippen molar-refractivity contribution < 1.29 is 14.3 Å². The van der Waals surface area contributed by atoms with Crippen LogP contribution in [0.2, 0.25) is 0 Å². The number of carbonyl (C=O) groups excluding carboxylic acids is 1. The summed E-state index contributed by atoms with van der Waals surface area (Å²) in [5.74, 6) is 0.881. The average molecular weight is 251 g/mol. The summed E-state index contributed by atoms with van der Waals surface area (Å²) in [5, 5.41) is 0. The van der Waals surface area contributed by atoms with Gasteiger partial charge in [-0.2, -0.15) is 0 Å². The molecule has 0 radical (unpaired) electrons. The first-order valence-corrected chi connectivity index (χ1v) is 6.10. The normalized spacial score (nSPS) is 12.9.